The highest BCUT2D eigenvalue weighted by molar-refractivity contribution is 5.51. The lowest BCUT2D eigenvalue weighted by atomic mass is 10.3. The fourth-order valence-corrected chi connectivity index (χ4v) is 1.30. The fraction of sp³-hybridized carbons (Fsp3) is 0.538. The van der Waals surface area contributed by atoms with Crippen LogP contribution in [0.5, 0.6) is 5.75 Å². The van der Waals surface area contributed by atoms with Gasteiger partial charge in [0.15, 0.2) is 0 Å². The van der Waals surface area contributed by atoms with E-state index in [2.05, 4.69) is 6.92 Å². The predicted octanol–water partition coefficient (Wildman–Crippen LogP) is 2.85. The van der Waals surface area contributed by atoms with E-state index in [-0.39, 0.29) is 0 Å². The van der Waals surface area contributed by atoms with Gasteiger partial charge in [0.05, 0.1) is 12.3 Å². The Morgan fingerprint density at radius 3 is 2.56 bits per heavy atom. The average Bonchev–Trinajstić information content (AvgIpc) is 2.30. The van der Waals surface area contributed by atoms with Crippen LogP contribution >= 0.6 is 0 Å². The molecule has 0 spiro atoms. The number of benzene rings is 1. The van der Waals surface area contributed by atoms with Gasteiger partial charge >= 0.3 is 0 Å². The van der Waals surface area contributed by atoms with Crippen LogP contribution in [-0.2, 0) is 4.74 Å². The van der Waals surface area contributed by atoms with Gasteiger partial charge in [0.2, 0.25) is 0 Å². The average molecular weight is 223 g/mol. The van der Waals surface area contributed by atoms with E-state index in [0.717, 1.165) is 31.8 Å². The Morgan fingerprint density at radius 2 is 1.81 bits per heavy atom. The summed E-state index contributed by atoms with van der Waals surface area (Å²) in [6.07, 6.45) is 3.21. The number of para-hydroxylation sites is 2. The van der Waals surface area contributed by atoms with Crippen molar-refractivity contribution >= 4 is 5.69 Å². The molecule has 1 aromatic rings. The van der Waals surface area contributed by atoms with Gasteiger partial charge in [-0.3, -0.25) is 0 Å². The van der Waals surface area contributed by atoms with Gasteiger partial charge in [-0.05, 0) is 18.6 Å². The Labute approximate surface area is 97.6 Å². The van der Waals surface area contributed by atoms with Gasteiger partial charge in [-0.1, -0.05) is 25.5 Å². The second-order valence-corrected chi connectivity index (χ2v) is 3.71. The van der Waals surface area contributed by atoms with Crippen LogP contribution in [0.3, 0.4) is 0 Å². The van der Waals surface area contributed by atoms with Gasteiger partial charge in [0.25, 0.3) is 0 Å². The van der Waals surface area contributed by atoms with Gasteiger partial charge in [-0.25, -0.2) is 0 Å². The Hall–Kier alpha value is -1.22. The van der Waals surface area contributed by atoms with Crippen LogP contribution in [0.15, 0.2) is 24.3 Å². The van der Waals surface area contributed by atoms with Crippen LogP contribution in [-0.4, -0.2) is 19.8 Å². The molecule has 0 aliphatic heterocycles. The predicted molar refractivity (Wildman–Crippen MR) is 66.7 cm³/mol. The zero-order valence-electron chi connectivity index (χ0n) is 9.95. The SMILES string of the molecule is CCCCOCCCOc1ccccc1N. The number of anilines is 1. The Kier molecular flexibility index (Phi) is 6.42. The highest BCUT2D eigenvalue weighted by atomic mass is 16.5. The second kappa shape index (κ2) is 7.99. The summed E-state index contributed by atoms with van der Waals surface area (Å²) in [5.74, 6) is 0.760. The molecule has 0 unspecified atom stereocenters. The molecule has 1 rings (SSSR count). The van der Waals surface area contributed by atoms with Crippen LogP contribution in [0.4, 0.5) is 5.69 Å². The monoisotopic (exact) mass is 223 g/mol. The van der Waals surface area contributed by atoms with Gasteiger partial charge in [0.1, 0.15) is 5.75 Å². The van der Waals surface area contributed by atoms with Crippen molar-refractivity contribution in [2.75, 3.05) is 25.6 Å². The van der Waals surface area contributed by atoms with Crippen molar-refractivity contribution in [1.29, 1.82) is 0 Å². The number of unbranched alkanes of at least 4 members (excludes halogenated alkanes) is 1. The number of rotatable bonds is 8. The maximum Gasteiger partial charge on any atom is 0.142 e. The van der Waals surface area contributed by atoms with Crippen molar-refractivity contribution in [1.82, 2.24) is 0 Å². The lowest BCUT2D eigenvalue weighted by Gasteiger charge is -2.08. The highest BCUT2D eigenvalue weighted by Crippen LogP contribution is 2.19. The third-order valence-corrected chi connectivity index (χ3v) is 2.25. The number of hydrogen-bond acceptors (Lipinski definition) is 3. The summed E-state index contributed by atoms with van der Waals surface area (Å²) < 4.78 is 11.0. The molecule has 16 heavy (non-hydrogen) atoms. The van der Waals surface area contributed by atoms with Gasteiger partial charge in [0, 0.05) is 19.6 Å². The first-order valence-corrected chi connectivity index (χ1v) is 5.89. The zero-order chi connectivity index (χ0) is 11.6. The Bertz CT molecular complexity index is 289. The molecule has 0 fully saturated rings. The molecule has 0 saturated heterocycles. The lowest BCUT2D eigenvalue weighted by molar-refractivity contribution is 0.117. The molecule has 0 aliphatic carbocycles. The van der Waals surface area contributed by atoms with Crippen molar-refractivity contribution in [3.05, 3.63) is 24.3 Å². The fourth-order valence-electron chi connectivity index (χ4n) is 1.30. The smallest absolute Gasteiger partial charge is 0.142 e. The number of hydrogen-bond donors (Lipinski definition) is 1. The van der Waals surface area contributed by atoms with E-state index < -0.39 is 0 Å². The van der Waals surface area contributed by atoms with Crippen LogP contribution in [0, 0.1) is 0 Å². The molecule has 0 saturated carbocycles. The molecule has 3 nitrogen and oxygen atoms in total. The molecule has 0 atom stereocenters. The van der Waals surface area contributed by atoms with Crippen molar-refractivity contribution in [2.45, 2.75) is 26.2 Å². The summed E-state index contributed by atoms with van der Waals surface area (Å²) in [7, 11) is 0. The molecule has 0 heterocycles. The van der Waals surface area contributed by atoms with Crippen molar-refractivity contribution in [3.8, 4) is 5.75 Å². The van der Waals surface area contributed by atoms with E-state index in [1.54, 1.807) is 0 Å². The van der Waals surface area contributed by atoms with Crippen LogP contribution in [0.25, 0.3) is 0 Å². The summed E-state index contributed by atoms with van der Waals surface area (Å²) in [5.41, 5.74) is 6.43. The minimum absolute atomic E-state index is 0.653. The number of nitrogens with two attached hydrogens (primary N) is 1. The summed E-state index contributed by atoms with van der Waals surface area (Å²) >= 11 is 0. The normalized spacial score (nSPS) is 10.3. The molecular formula is C13H21NO2. The first kappa shape index (κ1) is 12.8. The molecule has 0 aliphatic rings. The topological polar surface area (TPSA) is 44.5 Å². The Morgan fingerprint density at radius 1 is 1.06 bits per heavy atom. The van der Waals surface area contributed by atoms with E-state index in [9.17, 15) is 0 Å². The highest BCUT2D eigenvalue weighted by Gasteiger charge is 1.97. The van der Waals surface area contributed by atoms with E-state index in [0.29, 0.717) is 12.3 Å². The summed E-state index contributed by atoms with van der Waals surface area (Å²) in [4.78, 5) is 0. The molecular weight excluding hydrogens is 202 g/mol. The first-order chi connectivity index (χ1) is 7.84. The summed E-state index contributed by atoms with van der Waals surface area (Å²) in [5, 5.41) is 0. The minimum Gasteiger partial charge on any atom is -0.491 e. The van der Waals surface area contributed by atoms with E-state index in [1.807, 2.05) is 24.3 Å². The maximum atomic E-state index is 5.74. The largest absolute Gasteiger partial charge is 0.491 e. The third-order valence-electron chi connectivity index (χ3n) is 2.25. The van der Waals surface area contributed by atoms with Crippen molar-refractivity contribution < 1.29 is 9.47 Å². The molecule has 0 amide bonds. The molecule has 90 valence electrons. The van der Waals surface area contributed by atoms with Crippen molar-refractivity contribution in [3.63, 3.8) is 0 Å². The minimum atomic E-state index is 0.653. The van der Waals surface area contributed by atoms with Gasteiger partial charge < -0.3 is 15.2 Å². The summed E-state index contributed by atoms with van der Waals surface area (Å²) in [6.45, 7) is 4.42. The van der Waals surface area contributed by atoms with E-state index >= 15 is 0 Å². The quantitative estimate of drug-likeness (QED) is 0.544. The molecule has 3 heteroatoms. The third kappa shape index (κ3) is 5.03. The molecule has 0 bridgehead atoms. The van der Waals surface area contributed by atoms with E-state index in [1.165, 1.54) is 6.42 Å². The first-order valence-electron chi connectivity index (χ1n) is 5.89. The molecule has 2 N–H and O–H groups in total. The number of nitrogen functional groups attached to an aromatic ring is 1. The lowest BCUT2D eigenvalue weighted by Crippen LogP contribution is -2.05. The van der Waals surface area contributed by atoms with Crippen LogP contribution < -0.4 is 10.5 Å². The van der Waals surface area contributed by atoms with Crippen LogP contribution in [0.1, 0.15) is 26.2 Å². The van der Waals surface area contributed by atoms with Gasteiger partial charge in [-0.2, -0.15) is 0 Å². The van der Waals surface area contributed by atoms with Crippen molar-refractivity contribution in [2.24, 2.45) is 0 Å². The van der Waals surface area contributed by atoms with Crippen LogP contribution in [0.2, 0.25) is 0 Å². The maximum absolute atomic E-state index is 5.74. The Balaban J connectivity index is 2.05. The van der Waals surface area contributed by atoms with Gasteiger partial charge in [-0.15, -0.1) is 0 Å². The standard InChI is InChI=1S/C13H21NO2/c1-2-3-9-15-10-6-11-16-13-8-5-4-7-12(13)14/h4-5,7-8H,2-3,6,9-11,14H2,1H3. The zero-order valence-corrected chi connectivity index (χ0v) is 9.95. The second-order valence-electron chi connectivity index (χ2n) is 3.71. The van der Waals surface area contributed by atoms with E-state index in [4.69, 9.17) is 15.2 Å². The molecule has 0 radical (unpaired) electrons. The number of ether oxygens (including phenoxy) is 2. The molecule has 0 aromatic heterocycles. The summed E-state index contributed by atoms with van der Waals surface area (Å²) in [6, 6.07) is 7.54. The molecule has 1 aromatic carbocycles.